The van der Waals surface area contributed by atoms with Gasteiger partial charge in [0.25, 0.3) is 0 Å². The second-order valence-corrected chi connectivity index (χ2v) is 9.92. The van der Waals surface area contributed by atoms with Crippen LogP contribution in [0.5, 0.6) is 0 Å². The van der Waals surface area contributed by atoms with Crippen molar-refractivity contribution in [3.8, 4) is 0 Å². The first-order valence-corrected chi connectivity index (χ1v) is 12.9. The van der Waals surface area contributed by atoms with Gasteiger partial charge in [0, 0.05) is 18.8 Å². The average molecular weight is 510 g/mol. The molecule has 0 atom stereocenters. The minimum absolute atomic E-state index is 0. The summed E-state index contributed by atoms with van der Waals surface area (Å²) in [7, 11) is 0. The number of rotatable bonds is 7. The van der Waals surface area contributed by atoms with Gasteiger partial charge in [0.2, 0.25) is 5.91 Å². The van der Waals surface area contributed by atoms with Crippen LogP contribution in [0.2, 0.25) is 0 Å². The number of aromatic nitrogens is 4. The van der Waals surface area contributed by atoms with Gasteiger partial charge in [-0.25, -0.2) is 0 Å². The fraction of sp³-hybridized carbons (Fsp3) is 0.333. The van der Waals surface area contributed by atoms with Crippen molar-refractivity contribution in [3.05, 3.63) is 108 Å². The maximum atomic E-state index is 13.1. The van der Waals surface area contributed by atoms with Crippen LogP contribution in [0.3, 0.4) is 0 Å². The quantitative estimate of drug-likeness (QED) is 0.392. The number of hydrogen-bond donors (Lipinski definition) is 2. The zero-order chi connectivity index (χ0) is 25.1. The summed E-state index contributed by atoms with van der Waals surface area (Å²) < 4.78 is 0. The van der Waals surface area contributed by atoms with Gasteiger partial charge >= 0.3 is 0 Å². The Bertz CT molecular complexity index is 1270. The van der Waals surface area contributed by atoms with Crippen LogP contribution >= 0.6 is 0 Å². The summed E-state index contributed by atoms with van der Waals surface area (Å²) in [5.74, 6) is 0.814. The van der Waals surface area contributed by atoms with Gasteiger partial charge in [-0.05, 0) is 49.1 Å². The van der Waals surface area contributed by atoms with Crippen LogP contribution in [0.15, 0.2) is 91.0 Å². The summed E-state index contributed by atoms with van der Waals surface area (Å²) in [6.07, 6.45) is 2.38. The second kappa shape index (κ2) is 10.8. The molecule has 0 aliphatic carbocycles. The molecule has 6 rings (SSSR count). The summed E-state index contributed by atoms with van der Waals surface area (Å²) >= 11 is 0. The highest BCUT2D eigenvalue weighted by Crippen LogP contribution is 2.41. The number of amides is 1. The van der Waals surface area contributed by atoms with Crippen LogP contribution in [0, 0.1) is 0 Å². The number of carbonyl (C=O) groups excluding carboxylic acids is 1. The molecule has 0 radical (unpaired) electrons. The van der Waals surface area contributed by atoms with Gasteiger partial charge in [0.1, 0.15) is 5.54 Å². The Labute approximate surface area is 224 Å². The minimum atomic E-state index is -0.536. The van der Waals surface area contributed by atoms with Crippen molar-refractivity contribution in [1.29, 1.82) is 0 Å². The largest absolute Gasteiger partial charge is 0.339 e. The highest BCUT2D eigenvalue weighted by Gasteiger charge is 2.50. The highest BCUT2D eigenvalue weighted by molar-refractivity contribution is 5.93. The van der Waals surface area contributed by atoms with E-state index in [1.807, 2.05) is 30.3 Å². The van der Waals surface area contributed by atoms with Crippen molar-refractivity contribution in [2.24, 2.45) is 0 Å². The Morgan fingerprint density at radius 1 is 0.842 bits per heavy atom. The fourth-order valence-electron chi connectivity index (χ4n) is 6.12. The highest BCUT2D eigenvalue weighted by atomic mass is 16.2. The number of H-pyrrole nitrogens is 1. The Hall–Kier alpha value is -4.04. The van der Waals surface area contributed by atoms with Crippen LogP contribution in [-0.2, 0) is 10.2 Å². The Balaban J connectivity index is 0.00000294. The maximum Gasteiger partial charge on any atom is 0.247 e. The van der Waals surface area contributed by atoms with E-state index in [1.165, 1.54) is 0 Å². The summed E-state index contributed by atoms with van der Waals surface area (Å²) in [5.41, 5.74) is 2.36. The van der Waals surface area contributed by atoms with Crippen molar-refractivity contribution < 1.29 is 4.79 Å². The van der Waals surface area contributed by atoms with E-state index in [-0.39, 0.29) is 13.3 Å². The lowest BCUT2D eigenvalue weighted by Crippen LogP contribution is -2.56. The third-order valence-corrected chi connectivity index (χ3v) is 8.15. The first-order chi connectivity index (χ1) is 18.2. The van der Waals surface area contributed by atoms with E-state index in [0.717, 1.165) is 55.7 Å². The molecule has 2 fully saturated rings. The van der Waals surface area contributed by atoms with Crippen LogP contribution in [0.4, 0.5) is 5.69 Å². The van der Waals surface area contributed by atoms with Crippen molar-refractivity contribution in [2.45, 2.75) is 37.6 Å². The molecule has 2 aliphatic heterocycles. The molecule has 1 spiro atoms. The molecular weight excluding hydrogens is 474 g/mol. The van der Waals surface area contributed by atoms with Crippen LogP contribution < -0.4 is 10.2 Å². The number of carbonyl (C=O) groups is 1. The topological polar surface area (TPSA) is 90.0 Å². The molecule has 1 aromatic heterocycles. The lowest BCUT2D eigenvalue weighted by molar-refractivity contribution is -0.125. The summed E-state index contributed by atoms with van der Waals surface area (Å²) in [5, 5.41) is 18.7. The molecule has 2 N–H and O–H groups in total. The fourth-order valence-corrected chi connectivity index (χ4v) is 6.12. The molecule has 2 saturated heterocycles. The van der Waals surface area contributed by atoms with Gasteiger partial charge in [-0.3, -0.25) is 4.79 Å². The van der Waals surface area contributed by atoms with Crippen molar-refractivity contribution >= 4 is 11.6 Å². The van der Waals surface area contributed by atoms with E-state index in [2.05, 4.69) is 96.4 Å². The molecule has 196 valence electrons. The first-order valence-electron chi connectivity index (χ1n) is 12.9. The number of hydrogen-bond acceptors (Lipinski definition) is 6. The third kappa shape index (κ3) is 4.35. The van der Waals surface area contributed by atoms with Gasteiger partial charge < -0.3 is 15.1 Å². The van der Waals surface area contributed by atoms with Gasteiger partial charge in [-0.15, -0.1) is 10.2 Å². The van der Waals surface area contributed by atoms with Gasteiger partial charge in [-0.1, -0.05) is 91.5 Å². The number of nitrogens with one attached hydrogen (secondary N) is 2. The van der Waals surface area contributed by atoms with Crippen LogP contribution in [0.25, 0.3) is 0 Å². The van der Waals surface area contributed by atoms with Gasteiger partial charge in [0.05, 0.1) is 12.1 Å². The van der Waals surface area contributed by atoms with Crippen LogP contribution in [0.1, 0.15) is 43.6 Å². The third-order valence-electron chi connectivity index (χ3n) is 8.15. The number of para-hydroxylation sites is 1. The number of benzene rings is 3. The summed E-state index contributed by atoms with van der Waals surface area (Å²) in [6, 6.07) is 31.2. The number of nitrogens with zero attached hydrogens (tertiary/aromatic N) is 5. The molecule has 3 aromatic carbocycles. The zero-order valence-electron chi connectivity index (χ0n) is 20.8. The molecule has 8 nitrogen and oxygen atoms in total. The number of piperidine rings is 1. The number of aromatic amines is 1. The normalized spacial score (nSPS) is 17.3. The lowest BCUT2D eigenvalue weighted by atomic mass is 9.71. The Morgan fingerprint density at radius 2 is 1.42 bits per heavy atom. The van der Waals surface area contributed by atoms with E-state index in [4.69, 9.17) is 0 Å². The minimum Gasteiger partial charge on any atom is -0.339 e. The molecule has 0 saturated carbocycles. The second-order valence-electron chi connectivity index (χ2n) is 9.92. The molecule has 2 aliphatic rings. The lowest BCUT2D eigenvalue weighted by Gasteiger charge is -2.44. The average Bonchev–Trinajstić information content (AvgIpc) is 3.61. The Kier molecular flexibility index (Phi) is 7.24. The molecule has 0 unspecified atom stereocenters. The Morgan fingerprint density at radius 3 is 1.97 bits per heavy atom. The standard InChI is InChI=1S/C29H31N7O.CH4/c37-27-28(36(22-30-27)25-14-8-3-9-15-25)16-19-35(20-17-28)21-18-29(26-31-33-34-32-26,23-10-4-1-5-11-23)24-12-6-2-7-13-24;/h1-15H,16-22H2,(H,30,37)(H,31,32,33,34);1H4. The predicted octanol–water partition coefficient (Wildman–Crippen LogP) is 3.99. The molecule has 3 heterocycles. The monoisotopic (exact) mass is 509 g/mol. The molecular formula is C30H35N7O. The van der Waals surface area contributed by atoms with Gasteiger partial charge in [-0.2, -0.15) is 5.21 Å². The number of anilines is 1. The van der Waals surface area contributed by atoms with Crippen molar-refractivity contribution in [3.63, 3.8) is 0 Å². The van der Waals surface area contributed by atoms with E-state index in [9.17, 15) is 4.79 Å². The van der Waals surface area contributed by atoms with E-state index in [1.54, 1.807) is 0 Å². The smallest absolute Gasteiger partial charge is 0.247 e. The zero-order valence-corrected chi connectivity index (χ0v) is 20.8. The van der Waals surface area contributed by atoms with E-state index < -0.39 is 11.0 Å². The number of likely N-dealkylation sites (tertiary alicyclic amines) is 1. The van der Waals surface area contributed by atoms with E-state index >= 15 is 0 Å². The van der Waals surface area contributed by atoms with Crippen molar-refractivity contribution in [2.75, 3.05) is 31.2 Å². The first kappa shape index (κ1) is 25.6. The number of tetrazole rings is 1. The molecule has 38 heavy (non-hydrogen) atoms. The van der Waals surface area contributed by atoms with E-state index in [0.29, 0.717) is 12.5 Å². The molecule has 8 heteroatoms. The van der Waals surface area contributed by atoms with Crippen LogP contribution in [-0.4, -0.2) is 63.3 Å². The predicted molar refractivity (Wildman–Crippen MR) is 149 cm³/mol. The maximum absolute atomic E-state index is 13.1. The molecule has 0 bridgehead atoms. The van der Waals surface area contributed by atoms with Crippen molar-refractivity contribution in [1.82, 2.24) is 30.8 Å². The van der Waals surface area contributed by atoms with Gasteiger partial charge in [0.15, 0.2) is 5.82 Å². The summed E-state index contributed by atoms with van der Waals surface area (Å²) in [4.78, 5) is 17.8. The summed E-state index contributed by atoms with van der Waals surface area (Å²) in [6.45, 7) is 3.11. The SMILES string of the molecule is C.O=C1NCN(c2ccccc2)C12CCN(CCC(c1ccccc1)(c1ccccc1)c1nn[nH]n1)CC2. The molecule has 1 amide bonds. The molecule has 4 aromatic rings.